The van der Waals surface area contributed by atoms with Crippen molar-refractivity contribution in [2.75, 3.05) is 17.7 Å². The zero-order valence-corrected chi connectivity index (χ0v) is 33.1. The van der Waals surface area contributed by atoms with Crippen LogP contribution in [-0.4, -0.2) is 105 Å². The van der Waals surface area contributed by atoms with Crippen LogP contribution in [0.1, 0.15) is 37.7 Å². The molecule has 7 rings (SSSR count). The number of rotatable bonds is 13. The molecule has 0 fully saturated rings. The van der Waals surface area contributed by atoms with Crippen LogP contribution in [0.3, 0.4) is 0 Å². The summed E-state index contributed by atoms with van der Waals surface area (Å²) < 4.78 is 51.0. The van der Waals surface area contributed by atoms with Crippen LogP contribution in [0.15, 0.2) is 86.3 Å². The van der Waals surface area contributed by atoms with Crippen LogP contribution in [0.25, 0.3) is 23.3 Å². The molecule has 2 aromatic carbocycles. The predicted octanol–water partition coefficient (Wildman–Crippen LogP) is 3.45. The van der Waals surface area contributed by atoms with E-state index in [0.717, 1.165) is 26.5 Å². The van der Waals surface area contributed by atoms with Gasteiger partial charge >= 0.3 is 17.9 Å². The smallest absolute Gasteiger partial charge is 0.335 e. The van der Waals surface area contributed by atoms with Gasteiger partial charge in [0.15, 0.2) is 55.6 Å². The Hall–Kier alpha value is -8.11. The second-order valence-corrected chi connectivity index (χ2v) is 15.6. The molecule has 0 amide bonds. The average molecular weight is 872 g/mol. The lowest BCUT2D eigenvalue weighted by Crippen LogP contribution is -2.13. The van der Waals surface area contributed by atoms with Crippen LogP contribution in [0.2, 0.25) is 0 Å². The van der Waals surface area contributed by atoms with Gasteiger partial charge in [0.05, 0.1) is 52.0 Å². The Labute approximate surface area is 343 Å². The number of carboxylic acids is 2. The molecule has 0 bridgehead atoms. The average Bonchev–Trinajstić information content (AvgIpc) is 3.96. The zero-order valence-electron chi connectivity index (χ0n) is 31.5. The maximum absolute atomic E-state index is 12.7. The Bertz CT molecular complexity index is 3110. The second-order valence-electron chi connectivity index (χ2n) is 12.7. The molecule has 0 spiro atoms. The molecule has 8 N–H and O–H groups in total. The van der Waals surface area contributed by atoms with Crippen molar-refractivity contribution < 1.29 is 42.1 Å². The Kier molecular flexibility index (Phi) is 10.7. The first-order valence-corrected chi connectivity index (χ1v) is 20.2. The number of aromatic hydroxyl groups is 1. The first-order valence-electron chi connectivity index (χ1n) is 17.0. The highest BCUT2D eigenvalue weighted by molar-refractivity contribution is 7.90. The van der Waals surface area contributed by atoms with E-state index < -0.39 is 38.9 Å². The van der Waals surface area contributed by atoms with Gasteiger partial charge in [-0.2, -0.15) is 44.7 Å². The Morgan fingerprint density at radius 3 is 1.69 bits per heavy atom. The number of hydrogen-bond acceptors (Lipinski definition) is 19. The number of aromatic nitrogens is 11. The van der Waals surface area contributed by atoms with E-state index in [0.29, 0.717) is 0 Å². The minimum absolute atomic E-state index is 0.0101. The highest BCUT2D eigenvalue weighted by Crippen LogP contribution is 2.35. The van der Waals surface area contributed by atoms with Gasteiger partial charge in [-0.15, -0.1) is 20.5 Å². The summed E-state index contributed by atoms with van der Waals surface area (Å²) in [6.07, 6.45) is 3.26. The molecule has 26 nitrogen and oxygen atoms in total. The second kappa shape index (κ2) is 15.9. The number of aromatic carboxylic acids is 2. The lowest BCUT2D eigenvalue weighted by Gasteiger charge is -2.07. The highest BCUT2D eigenvalue weighted by atomic mass is 32.2. The van der Waals surface area contributed by atoms with Crippen LogP contribution in [-0.2, 0) is 26.7 Å². The van der Waals surface area contributed by atoms with Crippen molar-refractivity contribution in [3.8, 4) is 29.3 Å². The largest absolute Gasteiger partial charge is 0.479 e. The fourth-order valence-electron chi connectivity index (χ4n) is 5.67. The third kappa shape index (κ3) is 8.15. The number of azo groups is 2. The van der Waals surface area contributed by atoms with Gasteiger partial charge < -0.3 is 31.3 Å². The molecule has 5 aromatic heterocycles. The molecule has 0 aliphatic heterocycles. The van der Waals surface area contributed by atoms with Gasteiger partial charge in [0, 0.05) is 11.8 Å². The van der Waals surface area contributed by atoms with E-state index in [9.17, 15) is 42.1 Å². The summed E-state index contributed by atoms with van der Waals surface area (Å²) in [6.45, 7) is 3.02. The van der Waals surface area contributed by atoms with Crippen molar-refractivity contribution in [2.45, 2.75) is 24.5 Å². The van der Waals surface area contributed by atoms with Crippen LogP contribution >= 0.6 is 0 Å². The quantitative estimate of drug-likeness (QED) is 0.0713. The topological polar surface area (TPSA) is 378 Å². The van der Waals surface area contributed by atoms with E-state index >= 15 is 0 Å². The molecule has 0 radical (unpaired) electrons. The highest BCUT2D eigenvalue weighted by Gasteiger charge is 2.25. The van der Waals surface area contributed by atoms with E-state index in [4.69, 9.17) is 11.5 Å². The fourth-order valence-corrected chi connectivity index (χ4v) is 6.84. The van der Waals surface area contributed by atoms with Gasteiger partial charge in [0.1, 0.15) is 4.90 Å². The standard InChI is InChI=1S/C33H29N17O9S2/c1-15-23(41-43-27-19(14-60(56)57)12-36-47(27)20-8-4-6-17(10-20)29(51)52)25(34)49(45-15)31-38-32(40-33(55)39-31)50-26(35)24(16(2)46-50)42-44-28-22(61(3,58)59)13-37-48(28)21-9-5-7-18(11-21)30(53)54/h4-13H,14,34-35H2,1-3H3,(H,51,52)(H,53,54)(H,56,57)(H,38,39,40,55). The number of hydrogen-bond donors (Lipinski definition) is 6. The number of nitrogens with two attached hydrogens (primary N) is 2. The van der Waals surface area contributed by atoms with Crippen molar-refractivity contribution >= 4 is 67.5 Å². The van der Waals surface area contributed by atoms with Crippen molar-refractivity contribution in [2.24, 2.45) is 20.5 Å². The number of anilines is 2. The molecular formula is C33H29N17O9S2. The van der Waals surface area contributed by atoms with E-state index in [-0.39, 0.29) is 96.6 Å². The molecule has 312 valence electrons. The fraction of sp³-hybridized carbons (Fsp3) is 0.121. The summed E-state index contributed by atoms with van der Waals surface area (Å²) in [5.41, 5.74) is 13.6. The monoisotopic (exact) mass is 871 g/mol. The minimum Gasteiger partial charge on any atom is -0.479 e. The molecule has 0 aliphatic carbocycles. The summed E-state index contributed by atoms with van der Waals surface area (Å²) in [4.78, 5) is 35.1. The normalized spacial score (nSPS) is 12.5. The van der Waals surface area contributed by atoms with Crippen LogP contribution < -0.4 is 11.5 Å². The van der Waals surface area contributed by atoms with Crippen molar-refractivity contribution in [1.82, 2.24) is 54.1 Å². The maximum Gasteiger partial charge on any atom is 0.335 e. The van der Waals surface area contributed by atoms with Gasteiger partial charge in [-0.3, -0.25) is 0 Å². The third-order valence-corrected chi connectivity index (χ3v) is 10.1. The van der Waals surface area contributed by atoms with Crippen LogP contribution in [0, 0.1) is 13.8 Å². The molecule has 1 atom stereocenters. The van der Waals surface area contributed by atoms with Crippen LogP contribution in [0.4, 0.5) is 34.6 Å². The SMILES string of the molecule is Cc1nn(-c2nc(O)nc(-n3nc(C)c(N=Nc4c(S(C)(=O)=O)cnn4-c4cccc(C(=O)O)c4)c3N)n2)c(N)c1N=Nc1c(CS(=O)O)cnn1-c1cccc(C(=O)O)c1. The van der Waals surface area contributed by atoms with E-state index in [1.807, 2.05) is 0 Å². The first-order chi connectivity index (χ1) is 28.9. The summed E-state index contributed by atoms with van der Waals surface area (Å²) in [5.74, 6) is -4.18. The molecule has 28 heteroatoms. The number of benzene rings is 2. The van der Waals surface area contributed by atoms with Gasteiger partial charge in [0.2, 0.25) is 0 Å². The van der Waals surface area contributed by atoms with E-state index in [1.165, 1.54) is 67.2 Å². The number of carboxylic acid groups (broad SMARTS) is 2. The number of nitrogens with zero attached hydrogens (tertiary/aromatic N) is 15. The molecule has 61 heavy (non-hydrogen) atoms. The lowest BCUT2D eigenvalue weighted by atomic mass is 10.2. The van der Waals surface area contributed by atoms with Gasteiger partial charge in [0.25, 0.3) is 11.9 Å². The molecule has 0 saturated heterocycles. The summed E-state index contributed by atoms with van der Waals surface area (Å²) >= 11 is -2.31. The Balaban J connectivity index is 1.24. The Morgan fingerprint density at radius 2 is 1.21 bits per heavy atom. The molecule has 0 saturated carbocycles. The molecule has 5 heterocycles. The number of nitrogen functional groups attached to an aromatic ring is 2. The van der Waals surface area contributed by atoms with Gasteiger partial charge in [-0.25, -0.2) is 31.6 Å². The molecule has 1 unspecified atom stereocenters. The van der Waals surface area contributed by atoms with Crippen molar-refractivity contribution in [3.63, 3.8) is 0 Å². The van der Waals surface area contributed by atoms with Crippen molar-refractivity contribution in [3.05, 3.63) is 89.0 Å². The Morgan fingerprint density at radius 1 is 0.738 bits per heavy atom. The molecule has 0 aliphatic rings. The number of sulfone groups is 1. The summed E-state index contributed by atoms with van der Waals surface area (Å²) in [5, 5.41) is 63.3. The van der Waals surface area contributed by atoms with Gasteiger partial charge in [-0.05, 0) is 50.2 Å². The summed E-state index contributed by atoms with van der Waals surface area (Å²) in [6, 6.07) is 10.5. The van der Waals surface area contributed by atoms with E-state index in [1.54, 1.807) is 6.07 Å². The minimum atomic E-state index is -3.92. The first kappa shape index (κ1) is 41.1. The maximum atomic E-state index is 12.7. The molecular weight excluding hydrogens is 843 g/mol. The summed E-state index contributed by atoms with van der Waals surface area (Å²) in [7, 11) is -3.92. The molecule has 7 aromatic rings. The van der Waals surface area contributed by atoms with Crippen molar-refractivity contribution in [1.29, 1.82) is 0 Å². The predicted molar refractivity (Wildman–Crippen MR) is 211 cm³/mol. The lowest BCUT2D eigenvalue weighted by molar-refractivity contribution is 0.0686. The van der Waals surface area contributed by atoms with Gasteiger partial charge in [-0.1, -0.05) is 12.1 Å². The zero-order chi connectivity index (χ0) is 43.9. The third-order valence-electron chi connectivity index (χ3n) is 8.48. The number of carbonyl (C=O) groups is 2. The number of aryl methyl sites for hydroxylation is 2. The van der Waals surface area contributed by atoms with E-state index in [2.05, 4.69) is 55.8 Å². The van der Waals surface area contributed by atoms with Crippen LogP contribution in [0.5, 0.6) is 6.01 Å².